The number of ether oxygens (including phenoxy) is 1. The number of carbonyl (C=O) groups is 2. The van der Waals surface area contributed by atoms with E-state index in [0.29, 0.717) is 33.5 Å². The summed E-state index contributed by atoms with van der Waals surface area (Å²) in [4.78, 5) is 31.4. The number of carbonyl (C=O) groups excluding carboxylic acids is 2. The van der Waals surface area contributed by atoms with Gasteiger partial charge in [0, 0.05) is 35.6 Å². The van der Waals surface area contributed by atoms with Gasteiger partial charge in [0.25, 0.3) is 0 Å². The zero-order valence-electron chi connectivity index (χ0n) is 20.5. The molecule has 0 fully saturated rings. The number of hydrogen-bond acceptors (Lipinski definition) is 5. The molecule has 0 saturated carbocycles. The van der Waals surface area contributed by atoms with E-state index in [0.717, 1.165) is 5.56 Å². The van der Waals surface area contributed by atoms with Gasteiger partial charge in [0.1, 0.15) is 16.8 Å². The lowest BCUT2D eigenvalue weighted by molar-refractivity contribution is -0.127. The number of para-hydroxylation sites is 1. The number of amides is 2. The van der Waals surface area contributed by atoms with Gasteiger partial charge < -0.3 is 19.9 Å². The van der Waals surface area contributed by atoms with E-state index in [9.17, 15) is 18.0 Å². The zero-order chi connectivity index (χ0) is 26.2. The van der Waals surface area contributed by atoms with Crippen molar-refractivity contribution < 1.29 is 22.7 Å². The third-order valence-electron chi connectivity index (χ3n) is 6.63. The number of anilines is 1. The Balaban J connectivity index is 1.55. The molecular weight excluding hydrogens is 490 g/mol. The Labute approximate surface area is 215 Å². The molecule has 0 spiro atoms. The third-order valence-corrected chi connectivity index (χ3v) is 8.32. The van der Waals surface area contributed by atoms with Crippen LogP contribution in [0, 0.1) is 0 Å². The van der Waals surface area contributed by atoms with Crippen LogP contribution >= 0.6 is 0 Å². The van der Waals surface area contributed by atoms with Gasteiger partial charge >= 0.3 is 0 Å². The van der Waals surface area contributed by atoms with E-state index in [4.69, 9.17) is 4.74 Å². The second-order valence-electron chi connectivity index (χ2n) is 9.15. The van der Waals surface area contributed by atoms with E-state index in [1.165, 1.54) is 4.90 Å². The van der Waals surface area contributed by atoms with Gasteiger partial charge in [-0.2, -0.15) is 0 Å². The van der Waals surface area contributed by atoms with Crippen LogP contribution < -0.4 is 15.0 Å². The van der Waals surface area contributed by atoms with Crippen LogP contribution in [-0.2, 0) is 38.0 Å². The number of H-pyrrole nitrogens is 1. The first-order chi connectivity index (χ1) is 17.7. The average Bonchev–Trinajstić information content (AvgIpc) is 3.26. The summed E-state index contributed by atoms with van der Waals surface area (Å²) in [6, 6.07) is 20.6. The number of aromatic amines is 1. The van der Waals surface area contributed by atoms with E-state index in [2.05, 4.69) is 10.3 Å². The molecule has 8 nitrogen and oxygen atoms in total. The molecule has 1 aliphatic heterocycles. The highest BCUT2D eigenvalue weighted by atomic mass is 32.2. The van der Waals surface area contributed by atoms with Crippen molar-refractivity contribution in [2.75, 3.05) is 19.1 Å². The van der Waals surface area contributed by atoms with Crippen molar-refractivity contribution in [3.8, 4) is 5.75 Å². The summed E-state index contributed by atoms with van der Waals surface area (Å²) in [5.41, 5.74) is 3.07. The average molecular weight is 518 g/mol. The summed E-state index contributed by atoms with van der Waals surface area (Å²) in [5.74, 6) is -0.260. The molecule has 1 aromatic heterocycles. The number of nitrogens with zero attached hydrogens (tertiary/aromatic N) is 1. The molecule has 1 atom stereocenters. The molecular formula is C28H27N3O5S. The van der Waals surface area contributed by atoms with Crippen LogP contribution in [0.2, 0.25) is 0 Å². The Morgan fingerprint density at radius 3 is 2.49 bits per heavy atom. The predicted molar refractivity (Wildman–Crippen MR) is 141 cm³/mol. The molecule has 5 rings (SSSR count). The molecule has 2 amide bonds. The number of hydrogen-bond donors (Lipinski definition) is 2. The third kappa shape index (κ3) is 4.95. The van der Waals surface area contributed by atoms with Crippen LogP contribution in [-0.4, -0.2) is 45.4 Å². The fourth-order valence-electron chi connectivity index (χ4n) is 4.76. The normalized spacial score (nSPS) is 17.1. The zero-order valence-corrected chi connectivity index (χ0v) is 21.3. The molecule has 0 aliphatic carbocycles. The lowest BCUT2D eigenvalue weighted by Crippen LogP contribution is -2.49. The Bertz CT molecular complexity index is 1590. The van der Waals surface area contributed by atoms with E-state index in [1.54, 1.807) is 80.9 Å². The fourth-order valence-corrected chi connectivity index (χ4v) is 6.35. The van der Waals surface area contributed by atoms with Crippen molar-refractivity contribution in [3.05, 3.63) is 89.5 Å². The minimum Gasteiger partial charge on any atom is -0.497 e. The molecule has 0 saturated heterocycles. The highest BCUT2D eigenvalue weighted by molar-refractivity contribution is 7.90. The van der Waals surface area contributed by atoms with Crippen molar-refractivity contribution in [2.45, 2.75) is 29.7 Å². The Morgan fingerprint density at radius 2 is 1.73 bits per heavy atom. The standard InChI is InChI=1S/C28H27N3O5S/c1-31(20-10-12-21(36-2)13-11-20)28(33)25-15-18-6-5-7-19(14-18)17-37(34,35)27-23(16-26(32)29-25)22-8-3-4-9-24(22)30-27/h3-14,25,30H,15-17H2,1-2H3,(H,29,32)/t25-/m0/s1. The molecule has 3 aromatic carbocycles. The monoisotopic (exact) mass is 517 g/mol. The second-order valence-corrected chi connectivity index (χ2v) is 11.1. The molecule has 4 aromatic rings. The molecule has 0 radical (unpaired) electrons. The number of fused-ring (bicyclic) bond motifs is 5. The quantitative estimate of drug-likeness (QED) is 0.433. The van der Waals surface area contributed by atoms with Crippen molar-refractivity contribution in [3.63, 3.8) is 0 Å². The summed E-state index contributed by atoms with van der Waals surface area (Å²) < 4.78 is 32.1. The molecule has 2 N–H and O–H groups in total. The molecule has 0 unspecified atom stereocenters. The van der Waals surface area contributed by atoms with E-state index >= 15 is 0 Å². The van der Waals surface area contributed by atoms with Crippen LogP contribution in [0.5, 0.6) is 5.75 Å². The topological polar surface area (TPSA) is 109 Å². The van der Waals surface area contributed by atoms with Crippen LogP contribution in [0.4, 0.5) is 5.69 Å². The van der Waals surface area contributed by atoms with Crippen molar-refractivity contribution in [1.29, 1.82) is 0 Å². The Kier molecular flexibility index (Phi) is 6.47. The predicted octanol–water partition coefficient (Wildman–Crippen LogP) is 3.40. The molecule has 2 heterocycles. The Hall–Kier alpha value is -4.11. The number of rotatable bonds is 3. The maximum Gasteiger partial charge on any atom is 0.249 e. The summed E-state index contributed by atoms with van der Waals surface area (Å²) in [6.07, 6.45) is 0.0439. The van der Waals surface area contributed by atoms with Gasteiger partial charge in [-0.1, -0.05) is 42.5 Å². The first-order valence-corrected chi connectivity index (χ1v) is 13.5. The van der Waals surface area contributed by atoms with Gasteiger partial charge in [-0.25, -0.2) is 8.42 Å². The number of sulfone groups is 1. The molecule has 37 heavy (non-hydrogen) atoms. The van der Waals surface area contributed by atoms with Crippen LogP contribution in [0.1, 0.15) is 16.7 Å². The lowest BCUT2D eigenvalue weighted by Gasteiger charge is -2.25. The van der Waals surface area contributed by atoms with Gasteiger partial charge in [0.05, 0.1) is 19.3 Å². The maximum atomic E-state index is 13.6. The summed E-state index contributed by atoms with van der Waals surface area (Å²) in [5, 5.41) is 3.58. The minimum atomic E-state index is -3.76. The highest BCUT2D eigenvalue weighted by Crippen LogP contribution is 2.29. The van der Waals surface area contributed by atoms with E-state index in [1.807, 2.05) is 6.07 Å². The Morgan fingerprint density at radius 1 is 1.00 bits per heavy atom. The maximum absolute atomic E-state index is 13.6. The molecule has 190 valence electrons. The van der Waals surface area contributed by atoms with E-state index < -0.39 is 21.8 Å². The van der Waals surface area contributed by atoms with Crippen LogP contribution in [0.25, 0.3) is 10.9 Å². The largest absolute Gasteiger partial charge is 0.497 e. The number of aromatic nitrogens is 1. The number of nitrogens with one attached hydrogen (secondary N) is 2. The van der Waals surface area contributed by atoms with Gasteiger partial charge in [-0.3, -0.25) is 9.59 Å². The second kappa shape index (κ2) is 9.74. The SMILES string of the molecule is COc1ccc(N(C)C(=O)[C@@H]2Cc3cccc(c3)CS(=O)(=O)c3[nH]c4ccccc4c3CC(=O)N2)cc1. The van der Waals surface area contributed by atoms with Crippen LogP contribution in [0.3, 0.4) is 0 Å². The summed E-state index contributed by atoms with van der Waals surface area (Å²) in [7, 11) is -0.526. The number of benzene rings is 3. The minimum absolute atomic E-state index is 0.0352. The van der Waals surface area contributed by atoms with Gasteiger partial charge in [0.2, 0.25) is 11.8 Å². The molecule has 1 aliphatic rings. The molecule has 9 heteroatoms. The van der Waals surface area contributed by atoms with Gasteiger partial charge in [0.15, 0.2) is 9.84 Å². The van der Waals surface area contributed by atoms with E-state index in [-0.39, 0.29) is 29.5 Å². The van der Waals surface area contributed by atoms with Gasteiger partial charge in [-0.15, -0.1) is 0 Å². The van der Waals surface area contributed by atoms with Crippen molar-refractivity contribution in [1.82, 2.24) is 10.3 Å². The smallest absolute Gasteiger partial charge is 0.249 e. The summed E-state index contributed by atoms with van der Waals surface area (Å²) >= 11 is 0. The van der Waals surface area contributed by atoms with Crippen molar-refractivity contribution >= 4 is 38.2 Å². The highest BCUT2D eigenvalue weighted by Gasteiger charge is 2.30. The first kappa shape index (κ1) is 24.6. The van der Waals surface area contributed by atoms with Crippen LogP contribution in [0.15, 0.2) is 77.8 Å². The number of likely N-dealkylation sites (N-methyl/N-ethyl adjacent to an activating group) is 1. The first-order valence-electron chi connectivity index (χ1n) is 11.9. The van der Waals surface area contributed by atoms with Crippen molar-refractivity contribution in [2.24, 2.45) is 0 Å². The molecule has 2 bridgehead atoms. The summed E-state index contributed by atoms with van der Waals surface area (Å²) in [6.45, 7) is 0. The lowest BCUT2D eigenvalue weighted by atomic mass is 10.0. The fraction of sp³-hybridized carbons (Fsp3) is 0.214. The van der Waals surface area contributed by atoms with Gasteiger partial charge in [-0.05, 0) is 41.5 Å². The number of methoxy groups -OCH3 is 1.